The van der Waals surface area contributed by atoms with Gasteiger partial charge in [0.25, 0.3) is 5.69 Å². The number of carboxylic acid groups (broad SMARTS) is 1. The normalized spacial score (nSPS) is 11.5. The van der Waals surface area contributed by atoms with Crippen molar-refractivity contribution in [3.05, 3.63) is 75.8 Å². The zero-order valence-corrected chi connectivity index (χ0v) is 12.7. The number of nitro benzene ring substituents is 1. The molecular formula is C17H16N2O5. The van der Waals surface area contributed by atoms with Crippen LogP contribution >= 0.6 is 0 Å². The van der Waals surface area contributed by atoms with Gasteiger partial charge in [-0.25, -0.2) is 4.79 Å². The lowest BCUT2D eigenvalue weighted by atomic mass is 10.0. The lowest BCUT2D eigenvalue weighted by Gasteiger charge is -2.14. The molecule has 2 aromatic carbocycles. The second-order valence-electron chi connectivity index (χ2n) is 5.25. The minimum Gasteiger partial charge on any atom is -0.480 e. The Bertz CT molecular complexity index is 728. The molecule has 1 atom stereocenters. The number of nitro groups is 1. The van der Waals surface area contributed by atoms with Crippen LogP contribution in [0.1, 0.15) is 11.1 Å². The molecule has 0 aliphatic carbocycles. The summed E-state index contributed by atoms with van der Waals surface area (Å²) in [6.07, 6.45) is 0.138. The molecule has 7 heteroatoms. The van der Waals surface area contributed by atoms with Crippen LogP contribution in [0, 0.1) is 10.1 Å². The summed E-state index contributed by atoms with van der Waals surface area (Å²) >= 11 is 0. The number of carbonyl (C=O) groups excluding carboxylic acids is 1. The second-order valence-corrected chi connectivity index (χ2v) is 5.25. The zero-order valence-electron chi connectivity index (χ0n) is 12.7. The number of rotatable bonds is 7. The summed E-state index contributed by atoms with van der Waals surface area (Å²) in [5, 5.41) is 22.4. The van der Waals surface area contributed by atoms with Crippen molar-refractivity contribution in [1.82, 2.24) is 5.32 Å². The molecule has 2 rings (SSSR count). The molecule has 24 heavy (non-hydrogen) atoms. The number of non-ortho nitro benzene ring substituents is 1. The third-order valence-corrected chi connectivity index (χ3v) is 3.43. The highest BCUT2D eigenvalue weighted by atomic mass is 16.6. The van der Waals surface area contributed by atoms with Crippen molar-refractivity contribution >= 4 is 17.6 Å². The molecule has 1 amide bonds. The van der Waals surface area contributed by atoms with Crippen molar-refractivity contribution in [3.63, 3.8) is 0 Å². The van der Waals surface area contributed by atoms with E-state index in [-0.39, 0.29) is 18.5 Å². The van der Waals surface area contributed by atoms with Gasteiger partial charge in [0.05, 0.1) is 11.3 Å². The zero-order chi connectivity index (χ0) is 17.5. The van der Waals surface area contributed by atoms with Gasteiger partial charge in [-0.2, -0.15) is 0 Å². The Morgan fingerprint density at radius 2 is 1.67 bits per heavy atom. The molecule has 7 nitrogen and oxygen atoms in total. The van der Waals surface area contributed by atoms with E-state index in [1.807, 2.05) is 6.07 Å². The molecule has 0 aliphatic heterocycles. The molecule has 0 radical (unpaired) electrons. The molecule has 0 heterocycles. The quantitative estimate of drug-likeness (QED) is 0.596. The fraction of sp³-hybridized carbons (Fsp3) is 0.176. The van der Waals surface area contributed by atoms with Crippen molar-refractivity contribution in [1.29, 1.82) is 0 Å². The van der Waals surface area contributed by atoms with Crippen LogP contribution in [0.15, 0.2) is 54.6 Å². The summed E-state index contributed by atoms with van der Waals surface area (Å²) in [6, 6.07) is 13.5. The van der Waals surface area contributed by atoms with Crippen molar-refractivity contribution in [3.8, 4) is 0 Å². The molecule has 0 unspecified atom stereocenters. The summed E-state index contributed by atoms with van der Waals surface area (Å²) in [4.78, 5) is 33.4. The second kappa shape index (κ2) is 7.87. The minimum atomic E-state index is -1.16. The van der Waals surface area contributed by atoms with Crippen LogP contribution in [0.3, 0.4) is 0 Å². The van der Waals surface area contributed by atoms with Crippen LogP contribution in [-0.4, -0.2) is 27.9 Å². The standard InChI is InChI=1S/C17H16N2O5/c20-16(11-12-4-2-1-3-5-12)18-15(17(21)22)10-13-6-8-14(9-7-13)19(23)24/h1-9,15H,10-11H2,(H,18,20)(H,21,22)/t15-/m0/s1. The Balaban J connectivity index is 2.00. The smallest absolute Gasteiger partial charge is 0.326 e. The van der Waals surface area contributed by atoms with Crippen molar-refractivity contribution in [2.24, 2.45) is 0 Å². The molecule has 0 fully saturated rings. The number of carbonyl (C=O) groups is 2. The molecule has 0 aliphatic rings. The van der Waals surface area contributed by atoms with E-state index in [1.165, 1.54) is 24.3 Å². The summed E-state index contributed by atoms with van der Waals surface area (Å²) in [5.74, 6) is -1.55. The van der Waals surface area contributed by atoms with Crippen LogP contribution in [0.5, 0.6) is 0 Å². The number of carboxylic acids is 1. The monoisotopic (exact) mass is 328 g/mol. The Morgan fingerprint density at radius 1 is 1.04 bits per heavy atom. The summed E-state index contributed by atoms with van der Waals surface area (Å²) in [6.45, 7) is 0. The molecular weight excluding hydrogens is 312 g/mol. The number of hydrogen-bond acceptors (Lipinski definition) is 4. The number of hydrogen-bond donors (Lipinski definition) is 2. The molecule has 0 saturated heterocycles. The largest absolute Gasteiger partial charge is 0.480 e. The summed E-state index contributed by atoms with van der Waals surface area (Å²) in [5.41, 5.74) is 1.31. The van der Waals surface area contributed by atoms with E-state index in [0.717, 1.165) is 5.56 Å². The van der Waals surface area contributed by atoms with Gasteiger partial charge >= 0.3 is 5.97 Å². The first kappa shape index (κ1) is 17.1. The maximum atomic E-state index is 12.0. The first-order valence-corrected chi connectivity index (χ1v) is 7.25. The maximum Gasteiger partial charge on any atom is 0.326 e. The minimum absolute atomic E-state index is 0.0495. The van der Waals surface area contributed by atoms with Gasteiger partial charge in [-0.1, -0.05) is 42.5 Å². The van der Waals surface area contributed by atoms with Crippen molar-refractivity contribution in [2.75, 3.05) is 0 Å². The van der Waals surface area contributed by atoms with Gasteiger partial charge in [0, 0.05) is 18.6 Å². The van der Waals surface area contributed by atoms with E-state index in [2.05, 4.69) is 5.32 Å². The first-order chi connectivity index (χ1) is 11.5. The topological polar surface area (TPSA) is 110 Å². The first-order valence-electron chi connectivity index (χ1n) is 7.25. The Kier molecular flexibility index (Phi) is 5.62. The average molecular weight is 328 g/mol. The highest BCUT2D eigenvalue weighted by Crippen LogP contribution is 2.13. The predicted molar refractivity (Wildman–Crippen MR) is 86.5 cm³/mol. The van der Waals surface area contributed by atoms with Crippen molar-refractivity contribution in [2.45, 2.75) is 18.9 Å². The van der Waals surface area contributed by atoms with E-state index in [0.29, 0.717) is 5.56 Å². The van der Waals surface area contributed by atoms with Gasteiger partial charge in [-0.3, -0.25) is 14.9 Å². The van der Waals surface area contributed by atoms with E-state index in [1.54, 1.807) is 24.3 Å². The van der Waals surface area contributed by atoms with Crippen LogP contribution < -0.4 is 5.32 Å². The number of aliphatic carboxylic acids is 1. The number of amides is 1. The molecule has 2 aromatic rings. The number of benzene rings is 2. The fourth-order valence-electron chi connectivity index (χ4n) is 2.22. The Morgan fingerprint density at radius 3 is 2.21 bits per heavy atom. The van der Waals surface area contributed by atoms with Gasteiger partial charge in [0.2, 0.25) is 5.91 Å². The van der Waals surface area contributed by atoms with Gasteiger partial charge in [0.15, 0.2) is 0 Å². The van der Waals surface area contributed by atoms with Gasteiger partial charge in [-0.05, 0) is 11.1 Å². The SMILES string of the molecule is O=C(Cc1ccccc1)N[C@@H](Cc1ccc([N+](=O)[O-])cc1)C(=O)O. The number of nitrogens with zero attached hydrogens (tertiary/aromatic N) is 1. The van der Waals surface area contributed by atoms with E-state index >= 15 is 0 Å². The maximum absolute atomic E-state index is 12.0. The molecule has 0 saturated carbocycles. The molecule has 124 valence electrons. The van der Waals surface area contributed by atoms with E-state index in [4.69, 9.17) is 0 Å². The molecule has 0 spiro atoms. The third-order valence-electron chi connectivity index (χ3n) is 3.43. The van der Waals surface area contributed by atoms with Gasteiger partial charge in [-0.15, -0.1) is 0 Å². The highest BCUT2D eigenvalue weighted by molar-refractivity contribution is 5.85. The third kappa shape index (κ3) is 4.91. The van der Waals surface area contributed by atoms with Crippen LogP contribution in [-0.2, 0) is 22.4 Å². The van der Waals surface area contributed by atoms with Gasteiger partial charge < -0.3 is 10.4 Å². The summed E-state index contributed by atoms with van der Waals surface area (Å²) in [7, 11) is 0. The number of nitrogens with one attached hydrogen (secondary N) is 1. The van der Waals surface area contributed by atoms with Crippen LogP contribution in [0.4, 0.5) is 5.69 Å². The Labute approximate surface area is 138 Å². The Hall–Kier alpha value is -3.22. The molecule has 0 aromatic heterocycles. The predicted octanol–water partition coefficient (Wildman–Crippen LogP) is 1.95. The highest BCUT2D eigenvalue weighted by Gasteiger charge is 2.20. The lowest BCUT2D eigenvalue weighted by Crippen LogP contribution is -2.43. The lowest BCUT2D eigenvalue weighted by molar-refractivity contribution is -0.384. The van der Waals surface area contributed by atoms with E-state index in [9.17, 15) is 24.8 Å². The summed E-state index contributed by atoms with van der Waals surface area (Å²) < 4.78 is 0. The van der Waals surface area contributed by atoms with Gasteiger partial charge in [0.1, 0.15) is 6.04 Å². The molecule has 2 N–H and O–H groups in total. The van der Waals surface area contributed by atoms with Crippen LogP contribution in [0.25, 0.3) is 0 Å². The van der Waals surface area contributed by atoms with Crippen LogP contribution in [0.2, 0.25) is 0 Å². The van der Waals surface area contributed by atoms with Crippen molar-refractivity contribution < 1.29 is 19.6 Å². The fourth-order valence-corrected chi connectivity index (χ4v) is 2.22. The molecule has 0 bridgehead atoms. The average Bonchev–Trinajstić information content (AvgIpc) is 2.55. The van der Waals surface area contributed by atoms with E-state index < -0.39 is 22.8 Å².